The standard InChI is InChI=1S/C18H22N2O2S/c19-13-18(14-23(21,22)15-18)20(11-16-7-3-1-4-8-16)12-17-9-5-2-6-10-17/h1-10H,11-15,19H2. The third-order valence-electron chi connectivity index (χ3n) is 4.46. The summed E-state index contributed by atoms with van der Waals surface area (Å²) in [4.78, 5) is 2.22. The summed E-state index contributed by atoms with van der Waals surface area (Å²) in [6, 6.07) is 20.2. The largest absolute Gasteiger partial charge is 0.329 e. The molecule has 122 valence electrons. The van der Waals surface area contributed by atoms with E-state index in [4.69, 9.17) is 5.73 Å². The van der Waals surface area contributed by atoms with Gasteiger partial charge in [-0.15, -0.1) is 0 Å². The van der Waals surface area contributed by atoms with Crippen LogP contribution < -0.4 is 5.73 Å². The lowest BCUT2D eigenvalue weighted by atomic mass is 9.98. The molecule has 2 aromatic rings. The minimum Gasteiger partial charge on any atom is -0.329 e. The smallest absolute Gasteiger partial charge is 0.154 e. The molecule has 1 saturated heterocycles. The van der Waals surface area contributed by atoms with E-state index in [0.29, 0.717) is 19.6 Å². The van der Waals surface area contributed by atoms with Crippen molar-refractivity contribution in [1.29, 1.82) is 0 Å². The third-order valence-corrected chi connectivity index (χ3v) is 6.41. The highest BCUT2D eigenvalue weighted by Gasteiger charge is 2.51. The van der Waals surface area contributed by atoms with Crippen LogP contribution in [0.3, 0.4) is 0 Å². The molecule has 0 saturated carbocycles. The number of benzene rings is 2. The quantitative estimate of drug-likeness (QED) is 0.877. The maximum absolute atomic E-state index is 11.8. The fourth-order valence-electron chi connectivity index (χ4n) is 3.20. The van der Waals surface area contributed by atoms with Crippen molar-refractivity contribution in [3.63, 3.8) is 0 Å². The van der Waals surface area contributed by atoms with Crippen molar-refractivity contribution in [2.24, 2.45) is 5.73 Å². The zero-order valence-corrected chi connectivity index (χ0v) is 13.9. The molecule has 1 aliphatic rings. The predicted octanol–water partition coefficient (Wildman–Crippen LogP) is 1.81. The van der Waals surface area contributed by atoms with E-state index in [-0.39, 0.29) is 11.5 Å². The van der Waals surface area contributed by atoms with Crippen molar-refractivity contribution in [2.45, 2.75) is 18.6 Å². The lowest BCUT2D eigenvalue weighted by Crippen LogP contribution is -2.68. The molecular weight excluding hydrogens is 308 g/mol. The molecule has 0 aromatic heterocycles. The summed E-state index contributed by atoms with van der Waals surface area (Å²) < 4.78 is 23.6. The van der Waals surface area contributed by atoms with E-state index >= 15 is 0 Å². The number of rotatable bonds is 6. The average Bonchev–Trinajstić information content (AvgIpc) is 2.53. The molecule has 1 fully saturated rings. The molecule has 1 heterocycles. The highest BCUT2D eigenvalue weighted by Crippen LogP contribution is 2.32. The molecule has 5 heteroatoms. The number of nitrogens with two attached hydrogens (primary N) is 1. The monoisotopic (exact) mass is 330 g/mol. The maximum atomic E-state index is 11.8. The molecule has 1 aliphatic heterocycles. The Labute approximate surface area is 137 Å². The summed E-state index contributed by atoms with van der Waals surface area (Å²) in [6.45, 7) is 1.75. The molecule has 2 aromatic carbocycles. The maximum Gasteiger partial charge on any atom is 0.154 e. The number of hydrogen-bond donors (Lipinski definition) is 1. The minimum absolute atomic E-state index is 0.149. The van der Waals surface area contributed by atoms with Crippen molar-refractivity contribution in [3.05, 3.63) is 71.8 Å². The van der Waals surface area contributed by atoms with Crippen LogP contribution in [0.15, 0.2) is 60.7 Å². The van der Waals surface area contributed by atoms with Gasteiger partial charge in [-0.05, 0) is 11.1 Å². The Bertz CT molecular complexity index is 692. The van der Waals surface area contributed by atoms with Crippen molar-refractivity contribution < 1.29 is 8.42 Å². The van der Waals surface area contributed by atoms with Gasteiger partial charge < -0.3 is 5.73 Å². The summed E-state index contributed by atoms with van der Waals surface area (Å²) in [5, 5.41) is 0. The van der Waals surface area contributed by atoms with Gasteiger partial charge in [0.05, 0.1) is 17.0 Å². The van der Waals surface area contributed by atoms with E-state index in [1.165, 1.54) is 11.1 Å². The Morgan fingerprint density at radius 3 is 1.65 bits per heavy atom. The van der Waals surface area contributed by atoms with Crippen LogP contribution in [0.4, 0.5) is 0 Å². The van der Waals surface area contributed by atoms with Crippen molar-refractivity contribution in [1.82, 2.24) is 4.90 Å². The van der Waals surface area contributed by atoms with Gasteiger partial charge >= 0.3 is 0 Å². The summed E-state index contributed by atoms with van der Waals surface area (Å²) >= 11 is 0. The molecule has 0 bridgehead atoms. The third kappa shape index (κ3) is 3.63. The summed E-state index contributed by atoms with van der Waals surface area (Å²) in [6.07, 6.45) is 0. The Hall–Kier alpha value is -1.69. The normalized spacial score (nSPS) is 18.5. The van der Waals surface area contributed by atoms with E-state index in [1.54, 1.807) is 0 Å². The van der Waals surface area contributed by atoms with Gasteiger partial charge in [0.15, 0.2) is 9.84 Å². The van der Waals surface area contributed by atoms with Gasteiger partial charge in [-0.2, -0.15) is 0 Å². The Morgan fingerprint density at radius 2 is 1.30 bits per heavy atom. The van der Waals surface area contributed by atoms with Gasteiger partial charge in [-0.25, -0.2) is 8.42 Å². The molecule has 23 heavy (non-hydrogen) atoms. The van der Waals surface area contributed by atoms with E-state index in [9.17, 15) is 8.42 Å². The first-order valence-electron chi connectivity index (χ1n) is 7.76. The van der Waals surface area contributed by atoms with Crippen molar-refractivity contribution in [2.75, 3.05) is 18.1 Å². The number of nitrogens with zero attached hydrogens (tertiary/aromatic N) is 1. The first kappa shape index (κ1) is 16.2. The summed E-state index contributed by atoms with van der Waals surface area (Å²) in [7, 11) is -2.95. The van der Waals surface area contributed by atoms with Gasteiger partial charge in [0.25, 0.3) is 0 Å². The lowest BCUT2D eigenvalue weighted by Gasteiger charge is -2.49. The molecule has 0 aliphatic carbocycles. The highest BCUT2D eigenvalue weighted by molar-refractivity contribution is 7.93. The molecule has 0 unspecified atom stereocenters. The molecule has 3 rings (SSSR count). The van der Waals surface area contributed by atoms with Crippen molar-refractivity contribution in [3.8, 4) is 0 Å². The van der Waals surface area contributed by atoms with Gasteiger partial charge in [0.2, 0.25) is 0 Å². The number of sulfone groups is 1. The topological polar surface area (TPSA) is 63.4 Å². The van der Waals surface area contributed by atoms with Gasteiger partial charge in [0.1, 0.15) is 0 Å². The molecular formula is C18H22N2O2S. The minimum atomic E-state index is -2.95. The fraction of sp³-hybridized carbons (Fsp3) is 0.333. The fourth-order valence-corrected chi connectivity index (χ4v) is 5.36. The molecule has 0 atom stereocenters. The van der Waals surface area contributed by atoms with Gasteiger partial charge in [0, 0.05) is 19.6 Å². The van der Waals surface area contributed by atoms with Crippen LogP contribution in [0.1, 0.15) is 11.1 Å². The SMILES string of the molecule is NCC1(N(Cc2ccccc2)Cc2ccccc2)CS(=O)(=O)C1. The van der Waals surface area contributed by atoms with Crippen LogP contribution in [0.5, 0.6) is 0 Å². The van der Waals surface area contributed by atoms with Crippen LogP contribution in [0.25, 0.3) is 0 Å². The highest BCUT2D eigenvalue weighted by atomic mass is 32.2. The van der Waals surface area contributed by atoms with Gasteiger partial charge in [-0.3, -0.25) is 4.90 Å². The second-order valence-corrected chi connectivity index (χ2v) is 8.35. The van der Waals surface area contributed by atoms with E-state index in [0.717, 1.165) is 0 Å². The van der Waals surface area contributed by atoms with Crippen LogP contribution in [0, 0.1) is 0 Å². The lowest BCUT2D eigenvalue weighted by molar-refractivity contribution is 0.101. The second kappa shape index (κ2) is 6.43. The van der Waals surface area contributed by atoms with Crippen LogP contribution >= 0.6 is 0 Å². The van der Waals surface area contributed by atoms with Crippen LogP contribution in [0.2, 0.25) is 0 Å². The molecule has 0 radical (unpaired) electrons. The van der Waals surface area contributed by atoms with Crippen LogP contribution in [-0.4, -0.2) is 36.9 Å². The molecule has 0 amide bonds. The Kier molecular flexibility index (Phi) is 4.53. The van der Waals surface area contributed by atoms with Crippen LogP contribution in [-0.2, 0) is 22.9 Å². The Balaban J connectivity index is 1.87. The zero-order valence-electron chi connectivity index (χ0n) is 13.1. The first-order valence-corrected chi connectivity index (χ1v) is 9.59. The second-order valence-electron chi connectivity index (χ2n) is 6.29. The van der Waals surface area contributed by atoms with E-state index in [1.807, 2.05) is 36.4 Å². The number of hydrogen-bond acceptors (Lipinski definition) is 4. The Morgan fingerprint density at radius 1 is 0.870 bits per heavy atom. The van der Waals surface area contributed by atoms with E-state index < -0.39 is 15.4 Å². The molecule has 0 spiro atoms. The summed E-state index contributed by atoms with van der Waals surface area (Å²) in [5.41, 5.74) is 7.87. The van der Waals surface area contributed by atoms with Crippen molar-refractivity contribution >= 4 is 9.84 Å². The first-order chi connectivity index (χ1) is 11.0. The summed E-state index contributed by atoms with van der Waals surface area (Å²) in [5.74, 6) is 0.298. The van der Waals surface area contributed by atoms with E-state index in [2.05, 4.69) is 29.2 Å². The van der Waals surface area contributed by atoms with Gasteiger partial charge in [-0.1, -0.05) is 60.7 Å². The zero-order chi connectivity index (χ0) is 16.3. The molecule has 4 nitrogen and oxygen atoms in total. The predicted molar refractivity (Wildman–Crippen MR) is 92.6 cm³/mol. The molecule has 2 N–H and O–H groups in total. The average molecular weight is 330 g/mol.